The Morgan fingerprint density at radius 1 is 1.03 bits per heavy atom. The van der Waals surface area contributed by atoms with Gasteiger partial charge in [-0.2, -0.15) is 0 Å². The Balaban J connectivity index is 0.00000363. The minimum Gasteiger partial charge on any atom is -0.492 e. The van der Waals surface area contributed by atoms with Gasteiger partial charge in [0.2, 0.25) is 5.91 Å². The third-order valence-electron chi connectivity index (χ3n) is 5.06. The highest BCUT2D eigenvalue weighted by atomic mass is 35.5. The van der Waals surface area contributed by atoms with Crippen molar-refractivity contribution in [3.63, 3.8) is 0 Å². The van der Waals surface area contributed by atoms with E-state index in [0.29, 0.717) is 19.6 Å². The number of halogens is 1. The molecule has 32 heavy (non-hydrogen) atoms. The number of ether oxygens (including phenoxy) is 1. The van der Waals surface area contributed by atoms with E-state index < -0.39 is 0 Å². The molecule has 0 aliphatic heterocycles. The molecule has 0 N–H and O–H groups in total. The first-order valence-electron chi connectivity index (χ1n) is 10.9. The number of hydrogen-bond donors (Lipinski definition) is 0. The first kappa shape index (κ1) is 26.5. The average molecular weight is 494 g/mol. The number of anilines is 1. The average Bonchev–Trinajstić information content (AvgIpc) is 3.22. The van der Waals surface area contributed by atoms with Crippen molar-refractivity contribution >= 4 is 56.8 Å². The molecule has 5 nitrogen and oxygen atoms in total. The molecule has 0 saturated carbocycles. The van der Waals surface area contributed by atoms with Gasteiger partial charge in [0.05, 0.1) is 11.3 Å². The molecule has 174 valence electrons. The van der Waals surface area contributed by atoms with Crippen LogP contribution in [0.1, 0.15) is 27.2 Å². The quantitative estimate of drug-likeness (QED) is 0.291. The molecule has 3 rings (SSSR count). The van der Waals surface area contributed by atoms with Crippen molar-refractivity contribution in [3.8, 4) is 5.75 Å². The van der Waals surface area contributed by atoms with Crippen LogP contribution in [0.15, 0.2) is 53.4 Å². The van der Waals surface area contributed by atoms with Crippen molar-refractivity contribution < 1.29 is 9.53 Å². The largest absolute Gasteiger partial charge is 0.492 e. The summed E-state index contributed by atoms with van der Waals surface area (Å²) in [6.45, 7) is 10.3. The van der Waals surface area contributed by atoms with Crippen LogP contribution in [-0.2, 0) is 4.79 Å². The maximum absolute atomic E-state index is 13.2. The summed E-state index contributed by atoms with van der Waals surface area (Å²) in [7, 11) is 0. The molecule has 0 aliphatic carbocycles. The van der Waals surface area contributed by atoms with E-state index in [4.69, 9.17) is 9.72 Å². The van der Waals surface area contributed by atoms with E-state index in [9.17, 15) is 4.79 Å². The van der Waals surface area contributed by atoms with Crippen molar-refractivity contribution in [2.45, 2.75) is 32.1 Å². The van der Waals surface area contributed by atoms with E-state index in [1.54, 1.807) is 23.1 Å². The van der Waals surface area contributed by atoms with E-state index in [0.717, 1.165) is 46.5 Å². The Morgan fingerprint density at radius 2 is 1.78 bits per heavy atom. The van der Waals surface area contributed by atoms with Gasteiger partial charge in [0.15, 0.2) is 5.13 Å². The number of aromatic nitrogens is 1. The summed E-state index contributed by atoms with van der Waals surface area (Å²) in [5, 5.41) is 0.754. The number of thioether (sulfide) groups is 1. The maximum Gasteiger partial charge on any atom is 0.229 e. The molecule has 3 aromatic rings. The van der Waals surface area contributed by atoms with Gasteiger partial charge in [0.1, 0.15) is 11.3 Å². The molecule has 2 aromatic carbocycles. The molecular formula is C24H32ClN3O2S2. The molecule has 0 spiro atoms. The molecule has 1 aromatic heterocycles. The smallest absolute Gasteiger partial charge is 0.229 e. The fourth-order valence-corrected chi connectivity index (χ4v) is 5.20. The lowest BCUT2D eigenvalue weighted by molar-refractivity contribution is -0.118. The lowest BCUT2D eigenvalue weighted by atomic mass is 10.3. The van der Waals surface area contributed by atoms with Gasteiger partial charge in [0, 0.05) is 30.2 Å². The highest BCUT2D eigenvalue weighted by Crippen LogP contribution is 2.34. The summed E-state index contributed by atoms with van der Waals surface area (Å²) >= 11 is 3.27. The van der Waals surface area contributed by atoms with Gasteiger partial charge >= 0.3 is 0 Å². The number of nitrogens with zero attached hydrogens (tertiary/aromatic N) is 3. The predicted molar refractivity (Wildman–Crippen MR) is 140 cm³/mol. The van der Waals surface area contributed by atoms with Crippen LogP contribution in [0.25, 0.3) is 10.2 Å². The molecule has 0 fully saturated rings. The molecule has 0 atom stereocenters. The van der Waals surface area contributed by atoms with Crippen LogP contribution in [0.3, 0.4) is 0 Å². The molecule has 0 saturated heterocycles. The van der Waals surface area contributed by atoms with E-state index in [1.165, 1.54) is 4.90 Å². The van der Waals surface area contributed by atoms with Crippen LogP contribution >= 0.6 is 35.5 Å². The van der Waals surface area contributed by atoms with Crippen LogP contribution in [0.4, 0.5) is 5.13 Å². The Labute approximate surface area is 205 Å². The third kappa shape index (κ3) is 7.10. The van der Waals surface area contributed by atoms with Crippen molar-refractivity contribution in [2.24, 2.45) is 0 Å². The van der Waals surface area contributed by atoms with Gasteiger partial charge < -0.3 is 9.64 Å². The molecular weight excluding hydrogens is 462 g/mol. The number of thiazole rings is 1. The zero-order valence-electron chi connectivity index (χ0n) is 19.0. The normalized spacial score (nSPS) is 10.9. The Kier molecular flexibility index (Phi) is 11.3. The minimum absolute atomic E-state index is 0. The fourth-order valence-electron chi connectivity index (χ4n) is 3.32. The Hall–Kier alpha value is -1.80. The standard InChI is InChI=1S/C24H31N3O2S2.ClH/c1-4-26(5-2)16-17-27(22(28)15-18-30-19-11-8-7-9-12-19)24-25-23-20(29-6-3)13-10-14-21(23)31-24;/h7-14H,4-6,15-18H2,1-3H3;1H. The summed E-state index contributed by atoms with van der Waals surface area (Å²) in [4.78, 5) is 23.4. The van der Waals surface area contributed by atoms with Crippen molar-refractivity contribution in [2.75, 3.05) is 43.4 Å². The zero-order chi connectivity index (χ0) is 22.1. The number of hydrogen-bond acceptors (Lipinski definition) is 6. The Morgan fingerprint density at radius 3 is 2.47 bits per heavy atom. The highest BCUT2D eigenvalue weighted by Gasteiger charge is 2.21. The number of amides is 1. The van der Waals surface area contributed by atoms with E-state index in [1.807, 2.05) is 48.2 Å². The van der Waals surface area contributed by atoms with Crippen molar-refractivity contribution in [1.29, 1.82) is 0 Å². The second-order valence-corrected chi connectivity index (χ2v) is 9.19. The number of likely N-dealkylation sites (N-methyl/N-ethyl adjacent to an activating group) is 1. The summed E-state index contributed by atoms with van der Waals surface area (Å²) in [5.74, 6) is 1.64. The number of rotatable bonds is 12. The highest BCUT2D eigenvalue weighted by molar-refractivity contribution is 7.99. The lowest BCUT2D eigenvalue weighted by Gasteiger charge is -2.24. The number of carbonyl (C=O) groups excluding carboxylic acids is 1. The van der Waals surface area contributed by atoms with Gasteiger partial charge in [-0.1, -0.05) is 49.4 Å². The number of carbonyl (C=O) groups is 1. The van der Waals surface area contributed by atoms with Gasteiger partial charge in [-0.05, 0) is 44.3 Å². The molecule has 0 radical (unpaired) electrons. The van der Waals surface area contributed by atoms with Crippen LogP contribution < -0.4 is 9.64 Å². The Bertz CT molecular complexity index is 964. The topological polar surface area (TPSA) is 45.7 Å². The van der Waals surface area contributed by atoms with E-state index in [2.05, 4.69) is 30.9 Å². The maximum atomic E-state index is 13.2. The van der Waals surface area contributed by atoms with E-state index >= 15 is 0 Å². The van der Waals surface area contributed by atoms with Gasteiger partial charge in [-0.15, -0.1) is 24.2 Å². The third-order valence-corrected chi connectivity index (χ3v) is 7.12. The monoisotopic (exact) mass is 493 g/mol. The number of para-hydroxylation sites is 1. The second-order valence-electron chi connectivity index (χ2n) is 7.02. The zero-order valence-corrected chi connectivity index (χ0v) is 21.4. The first-order chi connectivity index (χ1) is 15.2. The summed E-state index contributed by atoms with van der Waals surface area (Å²) in [6, 6.07) is 16.2. The minimum atomic E-state index is 0. The van der Waals surface area contributed by atoms with Crippen LogP contribution in [0.5, 0.6) is 5.75 Å². The summed E-state index contributed by atoms with van der Waals surface area (Å²) in [5.41, 5.74) is 0.837. The van der Waals surface area contributed by atoms with Gasteiger partial charge in [-0.3, -0.25) is 9.69 Å². The van der Waals surface area contributed by atoms with Crippen molar-refractivity contribution in [1.82, 2.24) is 9.88 Å². The second kappa shape index (κ2) is 13.7. The molecule has 0 bridgehead atoms. The molecule has 0 aliphatic rings. The molecule has 0 unspecified atom stereocenters. The summed E-state index contributed by atoms with van der Waals surface area (Å²) in [6.07, 6.45) is 0.478. The molecule has 8 heteroatoms. The van der Waals surface area contributed by atoms with Crippen molar-refractivity contribution in [3.05, 3.63) is 48.5 Å². The number of fused-ring (bicyclic) bond motifs is 1. The molecule has 1 amide bonds. The SMILES string of the molecule is CCOc1cccc2sc(N(CCN(CC)CC)C(=O)CCSc3ccccc3)nc12.Cl. The molecule has 1 heterocycles. The summed E-state index contributed by atoms with van der Waals surface area (Å²) < 4.78 is 6.79. The number of benzene rings is 2. The lowest BCUT2D eigenvalue weighted by Crippen LogP contribution is -2.39. The van der Waals surface area contributed by atoms with E-state index in [-0.39, 0.29) is 18.3 Å². The van der Waals surface area contributed by atoms with Crippen LogP contribution in [0.2, 0.25) is 0 Å². The van der Waals surface area contributed by atoms with Gasteiger partial charge in [0.25, 0.3) is 0 Å². The van der Waals surface area contributed by atoms with Gasteiger partial charge in [-0.25, -0.2) is 4.98 Å². The predicted octanol–water partition coefficient (Wildman–Crippen LogP) is 5.97. The first-order valence-corrected chi connectivity index (χ1v) is 12.7. The fraction of sp³-hybridized carbons (Fsp3) is 0.417. The van der Waals surface area contributed by atoms with Crippen LogP contribution in [-0.4, -0.2) is 54.3 Å². The van der Waals surface area contributed by atoms with Crippen LogP contribution in [0, 0.1) is 0 Å².